The van der Waals surface area contributed by atoms with E-state index in [1.165, 1.54) is 7.11 Å². The van der Waals surface area contributed by atoms with Crippen LogP contribution in [-0.2, 0) is 9.53 Å². The number of ether oxygens (including phenoxy) is 2. The first-order chi connectivity index (χ1) is 16.1. The zero-order chi connectivity index (χ0) is 23.5. The quantitative estimate of drug-likeness (QED) is 0.280. The number of phenolic OH excluding ortho intramolecular Hbond substituents is 1. The molecule has 4 nitrogen and oxygen atoms in total. The van der Waals surface area contributed by atoms with Crippen LogP contribution in [0, 0.1) is 0 Å². The van der Waals surface area contributed by atoms with Gasteiger partial charge in [0.05, 0.1) is 14.2 Å². The lowest BCUT2D eigenvalue weighted by Gasteiger charge is -2.19. The average molecular weight is 443 g/mol. The van der Waals surface area contributed by atoms with Crippen LogP contribution in [0.5, 0.6) is 11.5 Å². The van der Waals surface area contributed by atoms with Crippen molar-refractivity contribution in [1.29, 1.82) is 0 Å². The van der Waals surface area contributed by atoms with Gasteiger partial charge < -0.3 is 14.6 Å². The number of phenols is 1. The summed E-state index contributed by atoms with van der Waals surface area (Å²) in [6, 6.07) is 23.7. The molecule has 0 unspecified atom stereocenters. The minimum atomic E-state index is -0.238. The highest BCUT2D eigenvalue weighted by atomic mass is 16.5. The van der Waals surface area contributed by atoms with E-state index in [2.05, 4.69) is 6.08 Å². The Morgan fingerprint density at radius 2 is 1.48 bits per heavy atom. The third-order valence-corrected chi connectivity index (χ3v) is 5.45. The van der Waals surface area contributed by atoms with Crippen molar-refractivity contribution < 1.29 is 19.4 Å². The maximum Gasteiger partial charge on any atom is 0.305 e. The highest BCUT2D eigenvalue weighted by molar-refractivity contribution is 5.72. The van der Waals surface area contributed by atoms with Gasteiger partial charge >= 0.3 is 5.97 Å². The van der Waals surface area contributed by atoms with Gasteiger partial charge in [-0.15, -0.1) is 0 Å². The summed E-state index contributed by atoms with van der Waals surface area (Å²) in [5.41, 5.74) is 3.70. The second-order valence-electron chi connectivity index (χ2n) is 7.74. The molecule has 0 aromatic heterocycles. The molecule has 170 valence electrons. The predicted octanol–water partition coefficient (Wildman–Crippen LogP) is 6.71. The molecule has 0 aliphatic carbocycles. The van der Waals surface area contributed by atoms with Gasteiger partial charge in [-0.25, -0.2) is 0 Å². The Labute approximate surface area is 195 Å². The first-order valence-corrected chi connectivity index (χ1v) is 11.0. The molecule has 33 heavy (non-hydrogen) atoms. The normalized spacial score (nSPS) is 12.2. The van der Waals surface area contributed by atoms with Crippen molar-refractivity contribution in [2.24, 2.45) is 0 Å². The van der Waals surface area contributed by atoms with Gasteiger partial charge in [0.2, 0.25) is 0 Å². The van der Waals surface area contributed by atoms with Crippen molar-refractivity contribution >= 4 is 24.2 Å². The van der Waals surface area contributed by atoms with Gasteiger partial charge in [-0.2, -0.15) is 0 Å². The van der Waals surface area contributed by atoms with Crippen LogP contribution in [0.1, 0.15) is 47.4 Å². The van der Waals surface area contributed by atoms with Gasteiger partial charge in [0.1, 0.15) is 11.5 Å². The number of hydrogen-bond acceptors (Lipinski definition) is 4. The fourth-order valence-electron chi connectivity index (χ4n) is 3.72. The molecular formula is C29H30O4. The van der Waals surface area contributed by atoms with Crippen molar-refractivity contribution in [2.45, 2.75) is 25.2 Å². The van der Waals surface area contributed by atoms with Gasteiger partial charge in [0.25, 0.3) is 0 Å². The summed E-state index contributed by atoms with van der Waals surface area (Å²) in [4.78, 5) is 11.6. The van der Waals surface area contributed by atoms with Gasteiger partial charge in [-0.3, -0.25) is 4.79 Å². The molecule has 0 aliphatic heterocycles. The minimum Gasteiger partial charge on any atom is -0.507 e. The number of benzene rings is 3. The molecule has 1 atom stereocenters. The number of allylic oxidation sites excluding steroid dienone is 1. The molecule has 1 N–H and O–H groups in total. The Balaban J connectivity index is 1.90. The lowest BCUT2D eigenvalue weighted by atomic mass is 9.90. The molecule has 3 aromatic rings. The summed E-state index contributed by atoms with van der Waals surface area (Å²) < 4.78 is 10.5. The molecular weight excluding hydrogens is 412 g/mol. The fourth-order valence-corrected chi connectivity index (χ4v) is 3.72. The molecule has 3 aromatic carbocycles. The van der Waals surface area contributed by atoms with Crippen molar-refractivity contribution in [2.75, 3.05) is 14.2 Å². The zero-order valence-electron chi connectivity index (χ0n) is 19.1. The molecule has 0 aliphatic rings. The first kappa shape index (κ1) is 23.9. The Bertz CT molecular complexity index is 1090. The van der Waals surface area contributed by atoms with Crippen LogP contribution in [0.2, 0.25) is 0 Å². The Kier molecular flexibility index (Phi) is 8.89. The highest BCUT2D eigenvalue weighted by Crippen LogP contribution is 2.40. The number of esters is 1. The molecule has 0 saturated carbocycles. The monoisotopic (exact) mass is 442 g/mol. The Morgan fingerprint density at radius 1 is 0.879 bits per heavy atom. The van der Waals surface area contributed by atoms with E-state index in [1.54, 1.807) is 13.2 Å². The van der Waals surface area contributed by atoms with E-state index in [1.807, 2.05) is 85.0 Å². The second kappa shape index (κ2) is 12.3. The molecule has 3 rings (SSSR count). The van der Waals surface area contributed by atoms with Crippen molar-refractivity contribution in [3.05, 3.63) is 101 Å². The van der Waals surface area contributed by atoms with E-state index < -0.39 is 0 Å². The van der Waals surface area contributed by atoms with Crippen LogP contribution >= 0.6 is 0 Å². The van der Waals surface area contributed by atoms with Crippen molar-refractivity contribution in [3.8, 4) is 11.5 Å². The fraction of sp³-hybridized carbons (Fsp3) is 0.207. The number of methoxy groups -OCH3 is 2. The van der Waals surface area contributed by atoms with E-state index in [9.17, 15) is 9.90 Å². The topological polar surface area (TPSA) is 55.8 Å². The van der Waals surface area contributed by atoms with Gasteiger partial charge in [-0.05, 0) is 41.7 Å². The maximum absolute atomic E-state index is 11.6. The largest absolute Gasteiger partial charge is 0.507 e. The van der Waals surface area contributed by atoms with E-state index in [4.69, 9.17) is 9.47 Å². The third kappa shape index (κ3) is 7.11. The number of rotatable bonds is 10. The summed E-state index contributed by atoms with van der Waals surface area (Å²) in [5, 5.41) is 11.0. The third-order valence-electron chi connectivity index (χ3n) is 5.45. The van der Waals surface area contributed by atoms with Gasteiger partial charge in [0.15, 0.2) is 0 Å². The Hall–Kier alpha value is -3.79. The van der Waals surface area contributed by atoms with Crippen LogP contribution in [0.25, 0.3) is 18.2 Å². The number of carbonyl (C=O) groups excluding carboxylic acids is 1. The van der Waals surface area contributed by atoms with Crippen LogP contribution in [-0.4, -0.2) is 25.3 Å². The predicted molar refractivity (Wildman–Crippen MR) is 134 cm³/mol. The SMILES string of the molecule is COC(=O)CCC[C@H](C=Cc1ccccc1)c1c(O)cc(C=Cc2ccccc2)cc1OC. The van der Waals surface area contributed by atoms with Crippen LogP contribution in [0.15, 0.2) is 78.9 Å². The van der Waals surface area contributed by atoms with E-state index >= 15 is 0 Å². The first-order valence-electron chi connectivity index (χ1n) is 11.0. The smallest absolute Gasteiger partial charge is 0.305 e. The molecule has 0 radical (unpaired) electrons. The minimum absolute atomic E-state index is 0.128. The van der Waals surface area contributed by atoms with Crippen molar-refractivity contribution in [3.63, 3.8) is 0 Å². The average Bonchev–Trinajstić information content (AvgIpc) is 2.85. The van der Waals surface area contributed by atoms with E-state index in [-0.39, 0.29) is 17.6 Å². The summed E-state index contributed by atoms with van der Waals surface area (Å²) in [6.07, 6.45) is 9.67. The molecule has 0 amide bonds. The molecule has 0 bridgehead atoms. The summed E-state index contributed by atoms with van der Waals surface area (Å²) >= 11 is 0. The molecule has 0 heterocycles. The lowest BCUT2D eigenvalue weighted by Crippen LogP contribution is -2.04. The van der Waals surface area contributed by atoms with E-state index in [0.29, 0.717) is 30.6 Å². The molecule has 4 heteroatoms. The number of hydrogen-bond donors (Lipinski definition) is 1. The van der Waals surface area contributed by atoms with Gasteiger partial charge in [0, 0.05) is 17.9 Å². The summed E-state index contributed by atoms with van der Waals surface area (Å²) in [7, 11) is 3.00. The summed E-state index contributed by atoms with van der Waals surface area (Å²) in [5.74, 6) is 0.418. The van der Waals surface area contributed by atoms with Crippen molar-refractivity contribution in [1.82, 2.24) is 0 Å². The lowest BCUT2D eigenvalue weighted by molar-refractivity contribution is -0.140. The highest BCUT2D eigenvalue weighted by Gasteiger charge is 2.19. The van der Waals surface area contributed by atoms with Gasteiger partial charge in [-0.1, -0.05) is 85.0 Å². The number of carbonyl (C=O) groups is 1. The van der Waals surface area contributed by atoms with Crippen LogP contribution in [0.3, 0.4) is 0 Å². The van der Waals surface area contributed by atoms with E-state index in [0.717, 1.165) is 16.7 Å². The molecule has 0 fully saturated rings. The van der Waals surface area contributed by atoms with Crippen LogP contribution in [0.4, 0.5) is 0 Å². The number of aromatic hydroxyl groups is 1. The molecule has 0 saturated heterocycles. The maximum atomic E-state index is 11.6. The Morgan fingerprint density at radius 3 is 2.09 bits per heavy atom. The second-order valence-corrected chi connectivity index (χ2v) is 7.74. The van der Waals surface area contributed by atoms with Crippen LogP contribution < -0.4 is 4.74 Å². The standard InChI is InChI=1S/C29H30O4/c1-32-27-21-24(17-16-22-10-5-3-6-11-22)20-26(30)29(27)25(14-9-15-28(31)33-2)19-18-23-12-7-4-8-13-23/h3-8,10-13,16-21,25,30H,9,14-15H2,1-2H3/t25-/m1/s1. The zero-order valence-corrected chi connectivity index (χ0v) is 19.1. The summed E-state index contributed by atoms with van der Waals surface area (Å²) in [6.45, 7) is 0. The molecule has 0 spiro atoms.